The van der Waals surface area contributed by atoms with Crippen LogP contribution in [-0.4, -0.2) is 43.1 Å². The van der Waals surface area contributed by atoms with Crippen LogP contribution >= 0.6 is 0 Å². The second-order valence-electron chi connectivity index (χ2n) is 6.26. The maximum Gasteiger partial charge on any atom is 0.253 e. The molecule has 0 radical (unpaired) electrons. The van der Waals surface area contributed by atoms with Gasteiger partial charge in [-0.15, -0.1) is 5.10 Å². The number of nitrogen functional groups attached to an aromatic ring is 1. The van der Waals surface area contributed by atoms with Crippen molar-refractivity contribution in [3.05, 3.63) is 24.7 Å². The number of fused-ring (bicyclic) bond motifs is 1. The number of methoxy groups -OCH3 is 1. The second kappa shape index (κ2) is 6.75. The molecule has 0 aromatic carbocycles. The highest BCUT2D eigenvalue weighted by Gasteiger charge is 2.29. The smallest absolute Gasteiger partial charge is 0.253 e. The Hall–Kier alpha value is -2.94. The molecule has 1 saturated carbocycles. The lowest BCUT2D eigenvalue weighted by molar-refractivity contribution is 0.0708. The maximum atomic E-state index is 10.4. The molecule has 0 unspecified atom stereocenters. The molecular weight excluding hydrogens is 336 g/mol. The molecule has 3 N–H and O–H groups in total. The summed E-state index contributed by atoms with van der Waals surface area (Å²) in [5.74, 6) is 1.47. The summed E-state index contributed by atoms with van der Waals surface area (Å²) in [6.07, 6.45) is 6.07. The van der Waals surface area contributed by atoms with Gasteiger partial charge in [0.25, 0.3) is 5.88 Å². The quantitative estimate of drug-likeness (QED) is 0.729. The average Bonchev–Trinajstić information content (AvgIpc) is 3.02. The number of nitrogens with zero attached hydrogens (tertiary/aromatic N) is 5. The fourth-order valence-electron chi connectivity index (χ4n) is 3.32. The summed E-state index contributed by atoms with van der Waals surface area (Å²) in [5, 5.41) is 15.5. The Kier molecular flexibility index (Phi) is 4.29. The van der Waals surface area contributed by atoms with Crippen LogP contribution in [0.5, 0.6) is 17.5 Å². The van der Waals surface area contributed by atoms with Crippen molar-refractivity contribution in [3.8, 4) is 17.5 Å². The summed E-state index contributed by atoms with van der Waals surface area (Å²) < 4.78 is 12.7. The molecule has 0 bridgehead atoms. The van der Waals surface area contributed by atoms with Crippen molar-refractivity contribution >= 4 is 16.9 Å². The molecule has 1 fully saturated rings. The van der Waals surface area contributed by atoms with Gasteiger partial charge in [-0.25, -0.2) is 19.6 Å². The lowest BCUT2D eigenvalue weighted by Gasteiger charge is -2.27. The van der Waals surface area contributed by atoms with Crippen molar-refractivity contribution in [1.29, 1.82) is 0 Å². The number of hydrogen-bond acceptors (Lipinski definition) is 8. The van der Waals surface area contributed by atoms with E-state index in [4.69, 9.17) is 15.2 Å². The summed E-state index contributed by atoms with van der Waals surface area (Å²) in [6.45, 7) is 0. The molecule has 4 rings (SSSR count). The standard InChI is InChI=1S/C17H20N6O3/c1-25-10-6-7-19-13(8-10)26-17-14-15(18)20-9-21-16(14)23(22-17)11-4-2-3-5-12(11)24/h6-9,11-12,24H,2-5H2,1H3,(H2,18,20,21)/t11-,12+/m0/s1. The van der Waals surface area contributed by atoms with Crippen molar-refractivity contribution in [2.75, 3.05) is 12.8 Å². The Bertz CT molecular complexity index is 928. The van der Waals surface area contributed by atoms with E-state index in [-0.39, 0.29) is 17.7 Å². The number of aliphatic hydroxyl groups excluding tert-OH is 1. The number of hydrogen-bond donors (Lipinski definition) is 2. The minimum absolute atomic E-state index is 0.170. The van der Waals surface area contributed by atoms with Crippen molar-refractivity contribution in [2.24, 2.45) is 0 Å². The largest absolute Gasteiger partial charge is 0.497 e. The summed E-state index contributed by atoms with van der Waals surface area (Å²) in [7, 11) is 1.57. The molecule has 2 atom stereocenters. The van der Waals surface area contributed by atoms with Gasteiger partial charge < -0.3 is 20.3 Å². The van der Waals surface area contributed by atoms with Crippen LogP contribution in [-0.2, 0) is 0 Å². The monoisotopic (exact) mass is 356 g/mol. The van der Waals surface area contributed by atoms with Crippen LogP contribution in [0.1, 0.15) is 31.7 Å². The van der Waals surface area contributed by atoms with Crippen LogP contribution in [0.4, 0.5) is 5.82 Å². The van der Waals surface area contributed by atoms with E-state index in [9.17, 15) is 5.11 Å². The SMILES string of the molecule is COc1ccnc(Oc2nn([C@H]3CCCC[C@H]3O)c3ncnc(N)c23)c1. The number of anilines is 1. The van der Waals surface area contributed by atoms with Crippen molar-refractivity contribution in [1.82, 2.24) is 24.7 Å². The predicted molar refractivity (Wildman–Crippen MR) is 94.1 cm³/mol. The van der Waals surface area contributed by atoms with E-state index in [0.717, 1.165) is 25.7 Å². The highest BCUT2D eigenvalue weighted by molar-refractivity contribution is 5.90. The van der Waals surface area contributed by atoms with E-state index in [1.807, 2.05) is 0 Å². The number of rotatable bonds is 4. The van der Waals surface area contributed by atoms with Gasteiger partial charge in [0, 0.05) is 12.3 Å². The number of nitrogens with two attached hydrogens (primary N) is 1. The molecule has 0 aliphatic heterocycles. The fourth-order valence-corrected chi connectivity index (χ4v) is 3.32. The van der Waals surface area contributed by atoms with Crippen LogP contribution in [0.25, 0.3) is 11.0 Å². The molecule has 0 spiro atoms. The third-order valence-corrected chi connectivity index (χ3v) is 4.64. The van der Waals surface area contributed by atoms with Gasteiger partial charge in [0.2, 0.25) is 5.88 Å². The minimum atomic E-state index is -0.481. The first-order valence-electron chi connectivity index (χ1n) is 8.52. The van der Waals surface area contributed by atoms with E-state index < -0.39 is 6.10 Å². The van der Waals surface area contributed by atoms with Crippen LogP contribution in [0.15, 0.2) is 24.7 Å². The zero-order chi connectivity index (χ0) is 18.1. The zero-order valence-corrected chi connectivity index (χ0v) is 14.4. The number of ether oxygens (including phenoxy) is 2. The second-order valence-corrected chi connectivity index (χ2v) is 6.26. The van der Waals surface area contributed by atoms with E-state index >= 15 is 0 Å². The summed E-state index contributed by atoms with van der Waals surface area (Å²) in [5.41, 5.74) is 6.60. The Labute approximate surface area is 149 Å². The van der Waals surface area contributed by atoms with Crippen LogP contribution in [0.3, 0.4) is 0 Å². The third kappa shape index (κ3) is 2.90. The molecular formula is C17H20N6O3. The van der Waals surface area contributed by atoms with Gasteiger partial charge >= 0.3 is 0 Å². The highest BCUT2D eigenvalue weighted by atomic mass is 16.5. The molecule has 3 aromatic rings. The minimum Gasteiger partial charge on any atom is -0.497 e. The van der Waals surface area contributed by atoms with Crippen LogP contribution in [0.2, 0.25) is 0 Å². The Balaban J connectivity index is 1.79. The van der Waals surface area contributed by atoms with Gasteiger partial charge in [-0.1, -0.05) is 12.8 Å². The fraction of sp³-hybridized carbons (Fsp3) is 0.412. The third-order valence-electron chi connectivity index (χ3n) is 4.64. The van der Waals surface area contributed by atoms with Crippen molar-refractivity contribution < 1.29 is 14.6 Å². The van der Waals surface area contributed by atoms with Gasteiger partial charge in [-0.2, -0.15) is 0 Å². The Morgan fingerprint density at radius 3 is 2.88 bits per heavy atom. The first-order valence-corrected chi connectivity index (χ1v) is 8.52. The Morgan fingerprint density at radius 1 is 1.23 bits per heavy atom. The number of aromatic nitrogens is 5. The Morgan fingerprint density at radius 2 is 2.08 bits per heavy atom. The maximum absolute atomic E-state index is 10.4. The lowest BCUT2D eigenvalue weighted by Crippen LogP contribution is -2.28. The molecule has 0 amide bonds. The van der Waals surface area contributed by atoms with Crippen LogP contribution < -0.4 is 15.2 Å². The van der Waals surface area contributed by atoms with Gasteiger partial charge in [0.1, 0.15) is 23.3 Å². The lowest BCUT2D eigenvalue weighted by atomic mass is 9.93. The molecule has 9 heteroatoms. The molecule has 0 saturated heterocycles. The van der Waals surface area contributed by atoms with Gasteiger partial charge in [-0.3, -0.25) is 0 Å². The summed E-state index contributed by atoms with van der Waals surface area (Å²) in [6, 6.07) is 3.20. The van der Waals surface area contributed by atoms with Gasteiger partial charge in [0.05, 0.1) is 19.3 Å². The molecule has 3 aromatic heterocycles. The summed E-state index contributed by atoms with van der Waals surface area (Å²) >= 11 is 0. The molecule has 26 heavy (non-hydrogen) atoms. The molecule has 3 heterocycles. The predicted octanol–water partition coefficient (Wildman–Crippen LogP) is 2.08. The van der Waals surface area contributed by atoms with Gasteiger partial charge in [0.15, 0.2) is 5.65 Å². The highest BCUT2D eigenvalue weighted by Crippen LogP contribution is 2.36. The topological polar surface area (TPSA) is 121 Å². The molecule has 136 valence electrons. The van der Waals surface area contributed by atoms with E-state index in [1.165, 1.54) is 6.33 Å². The first-order chi connectivity index (χ1) is 12.7. The number of aliphatic hydroxyl groups is 1. The zero-order valence-electron chi connectivity index (χ0n) is 14.4. The van der Waals surface area contributed by atoms with E-state index in [0.29, 0.717) is 22.7 Å². The van der Waals surface area contributed by atoms with E-state index in [1.54, 1.807) is 30.1 Å². The normalized spacial score (nSPS) is 20.2. The average molecular weight is 356 g/mol. The molecule has 1 aliphatic rings. The molecule has 9 nitrogen and oxygen atoms in total. The number of pyridine rings is 1. The van der Waals surface area contributed by atoms with E-state index in [2.05, 4.69) is 20.1 Å². The van der Waals surface area contributed by atoms with Gasteiger partial charge in [-0.05, 0) is 18.9 Å². The summed E-state index contributed by atoms with van der Waals surface area (Å²) in [4.78, 5) is 12.5. The first kappa shape index (κ1) is 16.5. The van der Waals surface area contributed by atoms with Crippen molar-refractivity contribution in [2.45, 2.75) is 37.8 Å². The van der Waals surface area contributed by atoms with Crippen LogP contribution in [0, 0.1) is 0 Å². The van der Waals surface area contributed by atoms with Crippen molar-refractivity contribution in [3.63, 3.8) is 0 Å². The molecule has 1 aliphatic carbocycles.